The number of aliphatic hydroxyl groups excluding tert-OH is 1. The molecule has 4 heterocycles. The Morgan fingerprint density at radius 1 is 1.15 bits per heavy atom. The first-order valence-electron chi connectivity index (χ1n) is 14.9. The number of esters is 1. The van der Waals surface area contributed by atoms with Crippen molar-refractivity contribution in [2.45, 2.75) is 67.4 Å². The van der Waals surface area contributed by atoms with Crippen LogP contribution in [0.2, 0.25) is 0 Å². The van der Waals surface area contributed by atoms with Crippen molar-refractivity contribution in [2.75, 3.05) is 65.7 Å². The number of ether oxygens (including phenoxy) is 2. The second-order valence-electron chi connectivity index (χ2n) is 11.7. The van der Waals surface area contributed by atoms with Crippen LogP contribution >= 0.6 is 11.8 Å². The van der Waals surface area contributed by atoms with E-state index in [-0.39, 0.29) is 24.4 Å². The summed E-state index contributed by atoms with van der Waals surface area (Å²) in [6.07, 6.45) is 8.76. The first kappa shape index (κ1) is 31.1. The van der Waals surface area contributed by atoms with Gasteiger partial charge in [0.05, 0.1) is 36.4 Å². The molecule has 4 rings (SSSR count). The fourth-order valence-electron chi connectivity index (χ4n) is 7.06. The molecule has 1 spiro atoms. The molecule has 40 heavy (non-hydrogen) atoms. The molecule has 4 saturated heterocycles. The molecule has 1 N–H and O–H groups in total. The summed E-state index contributed by atoms with van der Waals surface area (Å²) in [5, 5.41) is 9.41. The second-order valence-corrected chi connectivity index (χ2v) is 13.6. The molecule has 0 aromatic carbocycles. The number of nitrogens with zero attached hydrogens (tertiary/aromatic N) is 3. The van der Waals surface area contributed by atoms with Crippen molar-refractivity contribution in [3.63, 3.8) is 0 Å². The Balaban J connectivity index is 1.58. The van der Waals surface area contributed by atoms with Crippen LogP contribution in [0.15, 0.2) is 25.3 Å². The Bertz CT molecular complexity index is 942. The molecule has 0 saturated carbocycles. The molecule has 9 nitrogen and oxygen atoms in total. The highest BCUT2D eigenvalue weighted by molar-refractivity contribution is 8.02. The minimum absolute atomic E-state index is 0.0327. The van der Waals surface area contributed by atoms with Crippen molar-refractivity contribution in [3.05, 3.63) is 25.3 Å². The molecule has 0 aromatic heterocycles. The smallest absolute Gasteiger partial charge is 0.311 e. The number of likely N-dealkylation sites (tertiary alicyclic amines) is 1. The summed E-state index contributed by atoms with van der Waals surface area (Å²) in [4.78, 5) is 48.0. The number of amides is 2. The van der Waals surface area contributed by atoms with E-state index >= 15 is 0 Å². The summed E-state index contributed by atoms with van der Waals surface area (Å²) in [5.41, 5.74) is 0. The van der Waals surface area contributed by atoms with Crippen molar-refractivity contribution in [1.29, 1.82) is 0 Å². The van der Waals surface area contributed by atoms with Crippen LogP contribution in [0, 0.1) is 11.8 Å². The summed E-state index contributed by atoms with van der Waals surface area (Å²) >= 11 is 1.67. The number of rotatable bonds is 16. The van der Waals surface area contributed by atoms with Gasteiger partial charge in [-0.05, 0) is 51.9 Å². The topological polar surface area (TPSA) is 99.6 Å². The lowest BCUT2D eigenvalue weighted by molar-refractivity contribution is -0.155. The second kappa shape index (κ2) is 13.9. The number of carbonyl (C=O) groups excluding carboxylic acids is 3. The van der Waals surface area contributed by atoms with Gasteiger partial charge in [-0.25, -0.2) is 0 Å². The highest BCUT2D eigenvalue weighted by Gasteiger charge is 2.77. The number of carbonyl (C=O) groups is 3. The van der Waals surface area contributed by atoms with Crippen LogP contribution in [0.5, 0.6) is 0 Å². The summed E-state index contributed by atoms with van der Waals surface area (Å²) in [5.74, 6) is -1.65. The van der Waals surface area contributed by atoms with E-state index in [2.05, 4.69) is 25.0 Å². The summed E-state index contributed by atoms with van der Waals surface area (Å²) in [6.45, 7) is 15.2. The minimum atomic E-state index is -0.660. The number of aliphatic hydroxyl groups is 1. The molecule has 0 aromatic rings. The molecule has 4 aliphatic rings. The van der Waals surface area contributed by atoms with Gasteiger partial charge in [-0.2, -0.15) is 0 Å². The van der Waals surface area contributed by atoms with E-state index in [1.54, 1.807) is 22.7 Å². The van der Waals surface area contributed by atoms with Gasteiger partial charge in [0.15, 0.2) is 0 Å². The first-order valence-corrected chi connectivity index (χ1v) is 15.7. The maximum absolute atomic E-state index is 14.4. The van der Waals surface area contributed by atoms with Crippen LogP contribution in [0.1, 0.15) is 51.9 Å². The molecule has 5 atom stereocenters. The van der Waals surface area contributed by atoms with Crippen LogP contribution in [0.4, 0.5) is 0 Å². The standard InChI is InChI=1S/C30H47N3O6S/c1-4-6-7-10-20-39-28(37)24-23-26(35)33(14-8-9-19-34)25(30(23)12-11-29(24,3)40-30)27(36)32(13-5-2)16-15-31-17-21-38-22-18-31/h4-5,23-25,34H,1-2,6-22H2,3H3/t23-,24-,25?,29+,30?/m0/s1. The quantitative estimate of drug-likeness (QED) is 0.170. The molecule has 4 fully saturated rings. The largest absolute Gasteiger partial charge is 0.465 e. The molecule has 10 heteroatoms. The maximum Gasteiger partial charge on any atom is 0.311 e. The molecule has 0 aliphatic carbocycles. The summed E-state index contributed by atoms with van der Waals surface area (Å²) in [6, 6.07) is -0.648. The Morgan fingerprint density at radius 2 is 1.93 bits per heavy atom. The fraction of sp³-hybridized carbons (Fsp3) is 0.767. The average Bonchev–Trinajstić information content (AvgIpc) is 3.52. The van der Waals surface area contributed by atoms with Crippen LogP contribution in [0.25, 0.3) is 0 Å². The molecule has 224 valence electrons. The van der Waals surface area contributed by atoms with Crippen LogP contribution < -0.4 is 0 Å². The van der Waals surface area contributed by atoms with Crippen LogP contribution in [-0.2, 0) is 23.9 Å². The maximum atomic E-state index is 14.4. The number of allylic oxidation sites excluding steroid dienone is 1. The summed E-state index contributed by atoms with van der Waals surface area (Å²) in [7, 11) is 0. The van der Waals surface area contributed by atoms with Gasteiger partial charge in [0, 0.05) is 50.6 Å². The lowest BCUT2D eigenvalue weighted by atomic mass is 9.66. The van der Waals surface area contributed by atoms with Gasteiger partial charge in [-0.15, -0.1) is 24.9 Å². The number of thioether (sulfide) groups is 1. The molecular weight excluding hydrogens is 530 g/mol. The Kier molecular flexibility index (Phi) is 10.8. The number of morpholine rings is 1. The van der Waals surface area contributed by atoms with Gasteiger partial charge in [0.2, 0.25) is 11.8 Å². The molecular formula is C30H47N3O6S. The number of unbranched alkanes of at least 4 members (excludes halogenated alkanes) is 3. The predicted molar refractivity (Wildman–Crippen MR) is 156 cm³/mol. The SMILES string of the molecule is C=CCCCCOC(=O)[C@@H]1[C@H]2C(=O)N(CCCCO)C(C(=O)N(CC=C)CCN3CCOCC3)C23CC[C@@]1(C)S3. The van der Waals surface area contributed by atoms with E-state index in [9.17, 15) is 19.5 Å². The van der Waals surface area contributed by atoms with Crippen molar-refractivity contribution in [1.82, 2.24) is 14.7 Å². The minimum Gasteiger partial charge on any atom is -0.465 e. The molecule has 2 amide bonds. The van der Waals surface area contributed by atoms with Gasteiger partial charge in [-0.1, -0.05) is 12.2 Å². The van der Waals surface area contributed by atoms with E-state index in [4.69, 9.17) is 9.47 Å². The Labute approximate surface area is 243 Å². The van der Waals surface area contributed by atoms with Gasteiger partial charge in [0.1, 0.15) is 6.04 Å². The van der Waals surface area contributed by atoms with Crippen LogP contribution in [0.3, 0.4) is 0 Å². The number of hydrogen-bond acceptors (Lipinski definition) is 8. The molecule has 2 unspecified atom stereocenters. The van der Waals surface area contributed by atoms with Gasteiger partial charge < -0.3 is 24.4 Å². The lowest BCUT2D eigenvalue weighted by Crippen LogP contribution is -2.56. The van der Waals surface area contributed by atoms with Crippen molar-refractivity contribution < 1.29 is 29.0 Å². The Morgan fingerprint density at radius 3 is 2.62 bits per heavy atom. The highest BCUT2D eigenvalue weighted by Crippen LogP contribution is 2.71. The zero-order valence-electron chi connectivity index (χ0n) is 24.1. The van der Waals surface area contributed by atoms with Crippen molar-refractivity contribution in [3.8, 4) is 0 Å². The van der Waals surface area contributed by atoms with Crippen LogP contribution in [-0.4, -0.2) is 119 Å². The fourth-order valence-corrected chi connectivity index (χ4v) is 9.40. The van der Waals surface area contributed by atoms with Gasteiger partial charge >= 0.3 is 5.97 Å². The first-order chi connectivity index (χ1) is 19.3. The van der Waals surface area contributed by atoms with E-state index < -0.39 is 27.4 Å². The Hall–Kier alpha value is -1.88. The van der Waals surface area contributed by atoms with E-state index in [0.29, 0.717) is 58.7 Å². The monoisotopic (exact) mass is 577 g/mol. The molecule has 2 bridgehead atoms. The van der Waals surface area contributed by atoms with E-state index in [0.717, 1.165) is 45.3 Å². The zero-order chi connectivity index (χ0) is 28.8. The van der Waals surface area contributed by atoms with Crippen molar-refractivity contribution in [2.24, 2.45) is 11.8 Å². The highest BCUT2D eigenvalue weighted by atomic mass is 32.2. The zero-order valence-corrected chi connectivity index (χ0v) is 24.9. The number of fused-ring (bicyclic) bond motifs is 1. The predicted octanol–water partition coefficient (Wildman–Crippen LogP) is 2.49. The molecule has 4 aliphatic heterocycles. The van der Waals surface area contributed by atoms with Gasteiger partial charge in [-0.3, -0.25) is 19.3 Å². The number of hydrogen-bond donors (Lipinski definition) is 1. The normalized spacial score (nSPS) is 31.3. The third-order valence-corrected chi connectivity index (χ3v) is 11.1. The third-order valence-electron chi connectivity index (χ3n) is 9.07. The molecule has 0 radical (unpaired) electrons. The van der Waals surface area contributed by atoms with Gasteiger partial charge in [0.25, 0.3) is 0 Å². The van der Waals surface area contributed by atoms with Crippen molar-refractivity contribution >= 4 is 29.5 Å². The average molecular weight is 578 g/mol. The summed E-state index contributed by atoms with van der Waals surface area (Å²) < 4.78 is 10.1. The van der Waals surface area contributed by atoms with E-state index in [1.165, 1.54) is 0 Å². The lowest BCUT2D eigenvalue weighted by Gasteiger charge is -2.38. The van der Waals surface area contributed by atoms with E-state index in [1.807, 2.05) is 11.0 Å². The third kappa shape index (κ3) is 6.15.